The number of thioether (sulfide) groups is 1. The van der Waals surface area contributed by atoms with Gasteiger partial charge in [-0.1, -0.05) is 20.8 Å². The molecule has 110 valence electrons. The van der Waals surface area contributed by atoms with E-state index in [9.17, 15) is 4.79 Å². The monoisotopic (exact) mass is 304 g/mol. The van der Waals surface area contributed by atoms with Crippen LogP contribution in [0.25, 0.3) is 0 Å². The van der Waals surface area contributed by atoms with Crippen molar-refractivity contribution in [2.75, 3.05) is 18.2 Å². The highest BCUT2D eigenvalue weighted by molar-refractivity contribution is 7.99. The predicted molar refractivity (Wildman–Crippen MR) is 82.7 cm³/mol. The second-order valence-electron chi connectivity index (χ2n) is 7.45. The minimum absolute atomic E-state index is 0. The predicted octanol–water partition coefficient (Wildman–Crippen LogP) is 2.50. The molecule has 5 heteroatoms. The van der Waals surface area contributed by atoms with Crippen LogP contribution in [0.2, 0.25) is 0 Å². The number of fused-ring (bicyclic) bond motifs is 2. The summed E-state index contributed by atoms with van der Waals surface area (Å²) in [7, 11) is 0. The molecular formula is C14H25ClN2OS. The van der Waals surface area contributed by atoms with Gasteiger partial charge < -0.3 is 4.90 Å². The molecule has 2 heterocycles. The maximum absolute atomic E-state index is 12.6. The van der Waals surface area contributed by atoms with Crippen LogP contribution in [0.3, 0.4) is 0 Å². The second kappa shape index (κ2) is 5.12. The Morgan fingerprint density at radius 1 is 1.32 bits per heavy atom. The van der Waals surface area contributed by atoms with Crippen LogP contribution in [0.5, 0.6) is 0 Å². The first kappa shape index (κ1) is 15.5. The maximum atomic E-state index is 12.6. The standard InChI is InChI=1S/C14H24N2OS.ClH/c1-13(2)4-10-5-14(3,7-13)8-16(10)12(17)11-6-18-9-15-11;/h10-11,15H,4-9H2,1-3H3;1H. The third-order valence-corrected chi connectivity index (χ3v) is 5.65. The Balaban J connectivity index is 0.00000133. The van der Waals surface area contributed by atoms with E-state index in [4.69, 9.17) is 0 Å². The lowest BCUT2D eigenvalue weighted by Gasteiger charge is -2.39. The Morgan fingerprint density at radius 2 is 2.05 bits per heavy atom. The lowest BCUT2D eigenvalue weighted by molar-refractivity contribution is -0.133. The quantitative estimate of drug-likeness (QED) is 0.808. The van der Waals surface area contributed by atoms with Gasteiger partial charge in [0.15, 0.2) is 0 Å². The van der Waals surface area contributed by atoms with E-state index >= 15 is 0 Å². The van der Waals surface area contributed by atoms with E-state index in [1.165, 1.54) is 19.3 Å². The van der Waals surface area contributed by atoms with Crippen molar-refractivity contribution < 1.29 is 4.79 Å². The van der Waals surface area contributed by atoms with Crippen molar-refractivity contribution >= 4 is 30.1 Å². The number of carbonyl (C=O) groups is 1. The molecule has 19 heavy (non-hydrogen) atoms. The molecule has 3 rings (SSSR count). The van der Waals surface area contributed by atoms with Crippen molar-refractivity contribution in [2.45, 2.75) is 52.1 Å². The van der Waals surface area contributed by atoms with E-state index in [1.54, 1.807) is 0 Å². The summed E-state index contributed by atoms with van der Waals surface area (Å²) in [5, 5.41) is 3.32. The molecule has 2 saturated heterocycles. The minimum Gasteiger partial charge on any atom is -0.338 e. The van der Waals surface area contributed by atoms with Crippen LogP contribution in [0.4, 0.5) is 0 Å². The van der Waals surface area contributed by atoms with Gasteiger partial charge in [0.25, 0.3) is 0 Å². The number of halogens is 1. The van der Waals surface area contributed by atoms with Gasteiger partial charge in [0.2, 0.25) is 5.91 Å². The molecule has 1 amide bonds. The second-order valence-corrected chi connectivity index (χ2v) is 8.48. The lowest BCUT2D eigenvalue weighted by atomic mass is 9.65. The Morgan fingerprint density at radius 3 is 2.68 bits per heavy atom. The fourth-order valence-electron chi connectivity index (χ4n) is 4.47. The van der Waals surface area contributed by atoms with Crippen molar-refractivity contribution in [3.8, 4) is 0 Å². The van der Waals surface area contributed by atoms with Crippen LogP contribution in [-0.4, -0.2) is 41.1 Å². The smallest absolute Gasteiger partial charge is 0.240 e. The molecule has 0 aromatic heterocycles. The van der Waals surface area contributed by atoms with Gasteiger partial charge in [-0.3, -0.25) is 10.1 Å². The van der Waals surface area contributed by atoms with Crippen LogP contribution in [0, 0.1) is 10.8 Å². The zero-order valence-corrected chi connectivity index (χ0v) is 13.7. The molecule has 0 spiro atoms. The molecule has 0 aromatic carbocycles. The Bertz CT molecular complexity index is 370. The van der Waals surface area contributed by atoms with Gasteiger partial charge in [-0.25, -0.2) is 0 Å². The highest BCUT2D eigenvalue weighted by Crippen LogP contribution is 2.52. The van der Waals surface area contributed by atoms with Crippen LogP contribution in [0.15, 0.2) is 0 Å². The van der Waals surface area contributed by atoms with Gasteiger partial charge in [-0.15, -0.1) is 24.2 Å². The fourth-order valence-corrected chi connectivity index (χ4v) is 5.40. The van der Waals surface area contributed by atoms with Crippen LogP contribution < -0.4 is 5.32 Å². The lowest BCUT2D eigenvalue weighted by Crippen LogP contribution is -2.47. The van der Waals surface area contributed by atoms with Crippen LogP contribution in [0.1, 0.15) is 40.0 Å². The van der Waals surface area contributed by atoms with Crippen LogP contribution >= 0.6 is 24.2 Å². The number of carbonyl (C=O) groups excluding carboxylic acids is 1. The number of hydrogen-bond acceptors (Lipinski definition) is 3. The van der Waals surface area contributed by atoms with Crippen molar-refractivity contribution in [1.29, 1.82) is 0 Å². The highest BCUT2D eigenvalue weighted by Gasteiger charge is 2.51. The molecule has 0 aromatic rings. The summed E-state index contributed by atoms with van der Waals surface area (Å²) in [5.41, 5.74) is 0.748. The first-order valence-corrected chi connectivity index (χ1v) is 8.16. The van der Waals surface area contributed by atoms with E-state index in [1.807, 2.05) is 11.8 Å². The first-order valence-electron chi connectivity index (χ1n) is 7.00. The zero-order valence-electron chi connectivity index (χ0n) is 12.1. The molecule has 2 aliphatic heterocycles. The van der Waals surface area contributed by atoms with Gasteiger partial charge in [0.05, 0.1) is 6.04 Å². The molecular weight excluding hydrogens is 280 g/mol. The first-order chi connectivity index (χ1) is 8.39. The molecule has 1 saturated carbocycles. The maximum Gasteiger partial charge on any atom is 0.240 e. The van der Waals surface area contributed by atoms with Gasteiger partial charge in [0.1, 0.15) is 0 Å². The summed E-state index contributed by atoms with van der Waals surface area (Å²) in [4.78, 5) is 14.8. The topological polar surface area (TPSA) is 32.3 Å². The Kier molecular flexibility index (Phi) is 4.17. The molecule has 2 bridgehead atoms. The summed E-state index contributed by atoms with van der Waals surface area (Å²) in [6, 6.07) is 0.555. The Labute approximate surface area is 126 Å². The fraction of sp³-hybridized carbons (Fsp3) is 0.929. The van der Waals surface area contributed by atoms with E-state index in [-0.39, 0.29) is 18.4 Å². The Hall–Kier alpha value is 0.0700. The summed E-state index contributed by atoms with van der Waals surface area (Å²) in [6.07, 6.45) is 3.64. The van der Waals surface area contributed by atoms with Gasteiger partial charge in [-0.2, -0.15) is 0 Å². The molecule has 1 N–H and O–H groups in total. The van der Waals surface area contributed by atoms with E-state index in [0.29, 0.717) is 22.8 Å². The molecule has 3 nitrogen and oxygen atoms in total. The largest absolute Gasteiger partial charge is 0.338 e. The average molecular weight is 305 g/mol. The van der Waals surface area contributed by atoms with Gasteiger partial charge in [-0.05, 0) is 30.1 Å². The number of rotatable bonds is 1. The van der Waals surface area contributed by atoms with E-state index in [0.717, 1.165) is 18.2 Å². The third-order valence-electron chi connectivity index (χ3n) is 4.71. The molecule has 3 unspecified atom stereocenters. The normalized spacial score (nSPS) is 40.1. The molecule has 0 radical (unpaired) electrons. The number of nitrogens with one attached hydrogen (secondary N) is 1. The van der Waals surface area contributed by atoms with Crippen molar-refractivity contribution in [3.05, 3.63) is 0 Å². The van der Waals surface area contributed by atoms with Gasteiger partial charge in [0, 0.05) is 24.2 Å². The number of amides is 1. The average Bonchev–Trinajstić information content (AvgIpc) is 2.82. The number of likely N-dealkylation sites (tertiary alicyclic amines) is 1. The number of nitrogens with zero attached hydrogens (tertiary/aromatic N) is 1. The zero-order chi connectivity index (χ0) is 13.0. The highest BCUT2D eigenvalue weighted by atomic mass is 35.5. The summed E-state index contributed by atoms with van der Waals surface area (Å²) < 4.78 is 0. The van der Waals surface area contributed by atoms with Crippen LogP contribution in [-0.2, 0) is 4.79 Å². The third kappa shape index (κ3) is 2.91. The molecule has 3 fully saturated rings. The van der Waals surface area contributed by atoms with Crippen molar-refractivity contribution in [1.82, 2.24) is 10.2 Å². The van der Waals surface area contributed by atoms with E-state index < -0.39 is 0 Å². The van der Waals surface area contributed by atoms with E-state index in [2.05, 4.69) is 31.0 Å². The summed E-state index contributed by atoms with van der Waals surface area (Å²) in [5.74, 6) is 2.23. The summed E-state index contributed by atoms with van der Waals surface area (Å²) >= 11 is 1.83. The molecule has 3 aliphatic rings. The number of hydrogen-bond donors (Lipinski definition) is 1. The SMILES string of the molecule is CC1(C)CC2CC(C)(CN2C(=O)C2CSCN2)C1.Cl. The summed E-state index contributed by atoms with van der Waals surface area (Å²) in [6.45, 7) is 8.05. The molecule has 1 aliphatic carbocycles. The molecule has 3 atom stereocenters. The van der Waals surface area contributed by atoms with Gasteiger partial charge >= 0.3 is 0 Å². The minimum atomic E-state index is 0. The van der Waals surface area contributed by atoms with Crippen molar-refractivity contribution in [3.63, 3.8) is 0 Å². The van der Waals surface area contributed by atoms with Crippen molar-refractivity contribution in [2.24, 2.45) is 10.8 Å².